The van der Waals surface area contributed by atoms with E-state index in [1.54, 1.807) is 6.07 Å². The number of carbonyl (C=O) groups is 1. The summed E-state index contributed by atoms with van der Waals surface area (Å²) in [5.41, 5.74) is 2.18. The molecule has 0 bridgehead atoms. The highest BCUT2D eigenvalue weighted by atomic mass is 16.3. The number of amides is 1. The van der Waals surface area contributed by atoms with Gasteiger partial charge in [-0.1, -0.05) is 42.5 Å². The monoisotopic (exact) mass is 367 g/mol. The van der Waals surface area contributed by atoms with Crippen LogP contribution in [0.25, 0.3) is 0 Å². The first kappa shape index (κ1) is 19.2. The molecule has 1 atom stereocenters. The maximum absolute atomic E-state index is 12.3. The maximum Gasteiger partial charge on any atom is 0.234 e. The molecular formula is C22H29N3O2. The zero-order valence-electron chi connectivity index (χ0n) is 16.0. The van der Waals surface area contributed by atoms with E-state index in [0.29, 0.717) is 12.3 Å². The molecule has 2 aromatic rings. The number of rotatable bonds is 7. The molecule has 2 aromatic carbocycles. The van der Waals surface area contributed by atoms with Crippen LogP contribution in [0.15, 0.2) is 54.6 Å². The van der Waals surface area contributed by atoms with Crippen LogP contribution in [0.4, 0.5) is 5.69 Å². The van der Waals surface area contributed by atoms with Gasteiger partial charge in [0.1, 0.15) is 5.75 Å². The molecule has 0 unspecified atom stereocenters. The van der Waals surface area contributed by atoms with Gasteiger partial charge in [-0.3, -0.25) is 9.69 Å². The third-order valence-electron chi connectivity index (χ3n) is 5.08. The Morgan fingerprint density at radius 2 is 1.70 bits per heavy atom. The molecule has 0 radical (unpaired) electrons. The molecule has 27 heavy (non-hydrogen) atoms. The van der Waals surface area contributed by atoms with Crippen molar-refractivity contribution >= 4 is 11.6 Å². The molecule has 1 saturated heterocycles. The van der Waals surface area contributed by atoms with Crippen LogP contribution in [0, 0.1) is 0 Å². The van der Waals surface area contributed by atoms with E-state index < -0.39 is 0 Å². The van der Waals surface area contributed by atoms with Gasteiger partial charge >= 0.3 is 0 Å². The summed E-state index contributed by atoms with van der Waals surface area (Å²) in [6, 6.07) is 18.0. The van der Waals surface area contributed by atoms with E-state index in [0.717, 1.165) is 44.7 Å². The molecule has 5 nitrogen and oxygen atoms in total. The molecule has 2 N–H and O–H groups in total. The number of aryl methyl sites for hydroxylation is 1. The van der Waals surface area contributed by atoms with Crippen LogP contribution in [0.5, 0.6) is 5.75 Å². The predicted molar refractivity (Wildman–Crippen MR) is 109 cm³/mol. The van der Waals surface area contributed by atoms with Gasteiger partial charge < -0.3 is 15.3 Å². The number of phenols is 1. The van der Waals surface area contributed by atoms with E-state index >= 15 is 0 Å². The Bertz CT molecular complexity index is 727. The lowest BCUT2D eigenvalue weighted by molar-refractivity contribution is -0.122. The van der Waals surface area contributed by atoms with Gasteiger partial charge in [0.15, 0.2) is 0 Å². The second-order valence-electron chi connectivity index (χ2n) is 7.24. The summed E-state index contributed by atoms with van der Waals surface area (Å²) in [5.74, 6) is 0.405. The third-order valence-corrected chi connectivity index (χ3v) is 5.08. The summed E-state index contributed by atoms with van der Waals surface area (Å²) in [6.45, 7) is 5.77. The SMILES string of the molecule is C[C@H](CCc1ccccc1)NC(=O)CN1CCN(c2ccccc2O)CC1. The fourth-order valence-electron chi connectivity index (χ4n) is 3.50. The average molecular weight is 367 g/mol. The van der Waals surface area contributed by atoms with E-state index in [9.17, 15) is 9.90 Å². The van der Waals surface area contributed by atoms with Gasteiger partial charge in [-0.15, -0.1) is 0 Å². The van der Waals surface area contributed by atoms with Crippen molar-refractivity contribution in [3.8, 4) is 5.75 Å². The Balaban J connectivity index is 1.38. The largest absolute Gasteiger partial charge is 0.506 e. The second kappa shape index (κ2) is 9.42. The number of benzene rings is 2. The van der Waals surface area contributed by atoms with Gasteiger partial charge in [0.05, 0.1) is 12.2 Å². The molecule has 0 aliphatic carbocycles. The first-order valence-corrected chi connectivity index (χ1v) is 9.70. The summed E-state index contributed by atoms with van der Waals surface area (Å²) in [6.07, 6.45) is 1.92. The number of hydrogen-bond donors (Lipinski definition) is 2. The van der Waals surface area contributed by atoms with Gasteiger partial charge in [-0.25, -0.2) is 0 Å². The van der Waals surface area contributed by atoms with E-state index in [-0.39, 0.29) is 11.9 Å². The van der Waals surface area contributed by atoms with Gasteiger partial charge in [0.25, 0.3) is 0 Å². The van der Waals surface area contributed by atoms with Crippen molar-refractivity contribution in [1.29, 1.82) is 0 Å². The summed E-state index contributed by atoms with van der Waals surface area (Å²) in [4.78, 5) is 16.7. The maximum atomic E-state index is 12.3. The van der Waals surface area contributed by atoms with Crippen molar-refractivity contribution in [2.24, 2.45) is 0 Å². The number of aromatic hydroxyl groups is 1. The lowest BCUT2D eigenvalue weighted by Crippen LogP contribution is -2.50. The first-order valence-electron chi connectivity index (χ1n) is 9.70. The molecule has 0 aromatic heterocycles. The van der Waals surface area contributed by atoms with Crippen LogP contribution >= 0.6 is 0 Å². The molecule has 0 saturated carbocycles. The number of para-hydroxylation sites is 2. The molecule has 0 spiro atoms. The summed E-state index contributed by atoms with van der Waals surface area (Å²) in [5, 5.41) is 13.1. The van der Waals surface area contributed by atoms with E-state index in [1.807, 2.05) is 36.4 Å². The summed E-state index contributed by atoms with van der Waals surface area (Å²) >= 11 is 0. The number of hydrogen-bond acceptors (Lipinski definition) is 4. The zero-order chi connectivity index (χ0) is 19.1. The molecule has 144 valence electrons. The third kappa shape index (κ3) is 5.73. The standard InChI is InChI=1S/C22H29N3O2/c1-18(11-12-19-7-3-2-4-8-19)23-22(27)17-24-13-15-25(16-14-24)20-9-5-6-10-21(20)26/h2-10,18,26H,11-17H2,1H3,(H,23,27)/t18-/m1/s1. The van der Waals surface area contributed by atoms with Crippen molar-refractivity contribution in [3.05, 3.63) is 60.2 Å². The second-order valence-corrected chi connectivity index (χ2v) is 7.24. The van der Waals surface area contributed by atoms with Crippen LogP contribution in [0.3, 0.4) is 0 Å². The topological polar surface area (TPSA) is 55.8 Å². The number of phenolic OH excluding ortho intramolecular Hbond substituents is 1. The van der Waals surface area contributed by atoms with Crippen LogP contribution < -0.4 is 10.2 Å². The van der Waals surface area contributed by atoms with Crippen molar-refractivity contribution in [2.75, 3.05) is 37.6 Å². The van der Waals surface area contributed by atoms with Crippen molar-refractivity contribution in [2.45, 2.75) is 25.8 Å². The number of piperazine rings is 1. The van der Waals surface area contributed by atoms with Crippen LogP contribution in [0.2, 0.25) is 0 Å². The number of anilines is 1. The molecule has 1 aliphatic rings. The van der Waals surface area contributed by atoms with E-state index in [2.05, 4.69) is 34.2 Å². The van der Waals surface area contributed by atoms with Gasteiger partial charge in [0.2, 0.25) is 5.91 Å². The minimum atomic E-state index is 0.0894. The Morgan fingerprint density at radius 1 is 1.04 bits per heavy atom. The van der Waals surface area contributed by atoms with Crippen LogP contribution in [-0.2, 0) is 11.2 Å². The van der Waals surface area contributed by atoms with Crippen LogP contribution in [-0.4, -0.2) is 54.7 Å². The van der Waals surface area contributed by atoms with E-state index in [4.69, 9.17) is 0 Å². The fraction of sp³-hybridized carbons (Fsp3) is 0.409. The Morgan fingerprint density at radius 3 is 2.41 bits per heavy atom. The van der Waals surface area contributed by atoms with Crippen molar-refractivity contribution in [1.82, 2.24) is 10.2 Å². The molecular weight excluding hydrogens is 338 g/mol. The molecule has 3 rings (SSSR count). The van der Waals surface area contributed by atoms with Gasteiger partial charge in [-0.2, -0.15) is 0 Å². The fourth-order valence-corrected chi connectivity index (χ4v) is 3.50. The highest BCUT2D eigenvalue weighted by Gasteiger charge is 2.21. The van der Waals surface area contributed by atoms with Crippen LogP contribution in [0.1, 0.15) is 18.9 Å². The number of nitrogens with zero attached hydrogens (tertiary/aromatic N) is 2. The highest BCUT2D eigenvalue weighted by Crippen LogP contribution is 2.27. The van der Waals surface area contributed by atoms with Crippen molar-refractivity contribution in [3.63, 3.8) is 0 Å². The normalized spacial score (nSPS) is 16.1. The predicted octanol–water partition coefficient (Wildman–Crippen LogP) is 2.65. The van der Waals surface area contributed by atoms with Crippen molar-refractivity contribution < 1.29 is 9.90 Å². The number of nitrogens with one attached hydrogen (secondary N) is 1. The highest BCUT2D eigenvalue weighted by molar-refractivity contribution is 5.78. The molecule has 1 heterocycles. The van der Waals surface area contributed by atoms with E-state index in [1.165, 1.54) is 5.56 Å². The Labute approximate surface area is 161 Å². The quantitative estimate of drug-likeness (QED) is 0.790. The van der Waals surface area contributed by atoms with Gasteiger partial charge in [0, 0.05) is 32.2 Å². The minimum Gasteiger partial charge on any atom is -0.506 e. The lowest BCUT2D eigenvalue weighted by Gasteiger charge is -2.36. The molecule has 1 amide bonds. The average Bonchev–Trinajstić information content (AvgIpc) is 2.68. The molecule has 5 heteroatoms. The summed E-state index contributed by atoms with van der Waals surface area (Å²) < 4.78 is 0. The first-order chi connectivity index (χ1) is 13.1. The lowest BCUT2D eigenvalue weighted by atomic mass is 10.1. The number of carbonyl (C=O) groups excluding carboxylic acids is 1. The van der Waals surface area contributed by atoms with Gasteiger partial charge in [-0.05, 0) is 37.5 Å². The summed E-state index contributed by atoms with van der Waals surface area (Å²) in [7, 11) is 0. The smallest absolute Gasteiger partial charge is 0.234 e. The Kier molecular flexibility index (Phi) is 6.71. The Hall–Kier alpha value is -2.53. The molecule has 1 aliphatic heterocycles. The molecule has 1 fully saturated rings. The minimum absolute atomic E-state index is 0.0894. The zero-order valence-corrected chi connectivity index (χ0v) is 16.0.